The Bertz CT molecular complexity index is 1010. The Morgan fingerprint density at radius 2 is 1.94 bits per heavy atom. The minimum absolute atomic E-state index is 0.303. The lowest BCUT2D eigenvalue weighted by molar-refractivity contribution is -0.139. The van der Waals surface area contributed by atoms with Gasteiger partial charge in [-0.3, -0.25) is 14.4 Å². The molecule has 0 radical (unpaired) electrons. The van der Waals surface area contributed by atoms with Crippen LogP contribution in [-0.4, -0.2) is 40.8 Å². The molecule has 0 fully saturated rings. The minimum atomic E-state index is -1.25. The van der Waals surface area contributed by atoms with Crippen molar-refractivity contribution in [1.29, 1.82) is 0 Å². The van der Waals surface area contributed by atoms with Gasteiger partial charge in [0.1, 0.15) is 11.2 Å². The van der Waals surface area contributed by atoms with E-state index in [4.69, 9.17) is 5.73 Å². The molecule has 0 spiro atoms. The van der Waals surface area contributed by atoms with Gasteiger partial charge in [0.25, 0.3) is 0 Å². The number of carbonyl (C=O) groups excluding carboxylic acids is 3. The van der Waals surface area contributed by atoms with Crippen molar-refractivity contribution in [2.24, 2.45) is 11.1 Å². The lowest BCUT2D eigenvalue weighted by atomic mass is 9.91. The highest BCUT2D eigenvalue weighted by atomic mass is 79.9. The summed E-state index contributed by atoms with van der Waals surface area (Å²) in [6.45, 7) is 7.30. The summed E-state index contributed by atoms with van der Waals surface area (Å²) in [5, 5.41) is 11.6. The van der Waals surface area contributed by atoms with E-state index >= 15 is 0 Å². The molecule has 0 aliphatic heterocycles. The van der Waals surface area contributed by atoms with E-state index < -0.39 is 17.2 Å². The van der Waals surface area contributed by atoms with Gasteiger partial charge in [-0.05, 0) is 60.5 Å². The minimum Gasteiger partial charge on any atom is -0.369 e. The van der Waals surface area contributed by atoms with E-state index in [0.717, 1.165) is 0 Å². The van der Waals surface area contributed by atoms with Crippen LogP contribution in [0.15, 0.2) is 47.6 Å². The third-order valence-electron chi connectivity index (χ3n) is 4.43. The molecule has 0 aliphatic carbocycles. The predicted octanol–water partition coefficient (Wildman–Crippen LogP) is 2.54. The summed E-state index contributed by atoms with van der Waals surface area (Å²) < 4.78 is 0.675. The summed E-state index contributed by atoms with van der Waals surface area (Å²) in [7, 11) is 0. The molecule has 0 saturated carbocycles. The third kappa shape index (κ3) is 7.05. The van der Waals surface area contributed by atoms with Crippen molar-refractivity contribution < 1.29 is 14.4 Å². The number of nitrogens with one attached hydrogen (secondary N) is 4. The van der Waals surface area contributed by atoms with Crippen LogP contribution in [0.5, 0.6) is 0 Å². The van der Waals surface area contributed by atoms with E-state index in [-0.39, 0.29) is 5.91 Å². The molecule has 1 aromatic heterocycles. The van der Waals surface area contributed by atoms with Crippen molar-refractivity contribution in [1.82, 2.24) is 15.3 Å². The van der Waals surface area contributed by atoms with Crippen LogP contribution in [0.25, 0.3) is 0 Å². The predicted molar refractivity (Wildman–Crippen MR) is 127 cm³/mol. The number of benzene rings is 1. The molecule has 2 aromatic rings. The Balaban J connectivity index is 1.91. The highest BCUT2D eigenvalue weighted by Crippen LogP contribution is 2.23. The lowest BCUT2D eigenvalue weighted by Crippen LogP contribution is -2.46. The summed E-state index contributed by atoms with van der Waals surface area (Å²) in [6.07, 6.45) is 3.41. The molecule has 1 aromatic carbocycles. The molecule has 0 saturated heterocycles. The Labute approximate surface area is 194 Å². The second kappa shape index (κ2) is 11.2. The van der Waals surface area contributed by atoms with E-state index in [1.165, 1.54) is 19.9 Å². The molecule has 10 nitrogen and oxygen atoms in total. The number of halogens is 1. The molecule has 0 atom stereocenters. The van der Waals surface area contributed by atoms with E-state index in [1.807, 2.05) is 6.07 Å². The second-order valence-electron chi connectivity index (χ2n) is 7.31. The highest BCUT2D eigenvalue weighted by Gasteiger charge is 2.33. The molecule has 170 valence electrons. The average molecular weight is 504 g/mol. The quantitative estimate of drug-likeness (QED) is 0.179. The topological polar surface area (TPSA) is 151 Å². The van der Waals surface area contributed by atoms with Gasteiger partial charge in [0, 0.05) is 30.7 Å². The molecule has 0 bridgehead atoms. The molecule has 2 rings (SSSR count). The highest BCUT2D eigenvalue weighted by molar-refractivity contribution is 9.10. The summed E-state index contributed by atoms with van der Waals surface area (Å²) in [4.78, 5) is 43.5. The smallest absolute Gasteiger partial charge is 0.247 e. The summed E-state index contributed by atoms with van der Waals surface area (Å²) in [5.41, 5.74) is 5.29. The van der Waals surface area contributed by atoms with Crippen molar-refractivity contribution in [2.75, 3.05) is 29.0 Å². The number of amides is 3. The largest absolute Gasteiger partial charge is 0.369 e. The summed E-state index contributed by atoms with van der Waals surface area (Å²) in [5.74, 6) is -0.456. The van der Waals surface area contributed by atoms with Gasteiger partial charge in [-0.25, -0.2) is 4.98 Å². The van der Waals surface area contributed by atoms with E-state index in [9.17, 15) is 14.4 Å². The first-order chi connectivity index (χ1) is 15.1. The molecular formula is C21H26BrN7O3. The SMILES string of the molecule is C=CC(=O)Nc1cccc(Nc2ncc(Br)c(NCCCNC(=O)C(C)(C)C(N)=O)n2)c1. The summed E-state index contributed by atoms with van der Waals surface area (Å²) in [6, 6.07) is 7.10. The number of anilines is 4. The molecule has 6 N–H and O–H groups in total. The third-order valence-corrected chi connectivity index (χ3v) is 5.01. The van der Waals surface area contributed by atoms with Crippen LogP contribution in [0.3, 0.4) is 0 Å². The average Bonchev–Trinajstić information content (AvgIpc) is 2.75. The number of carbonyl (C=O) groups is 3. The van der Waals surface area contributed by atoms with E-state index in [0.29, 0.717) is 47.1 Å². The van der Waals surface area contributed by atoms with Gasteiger partial charge in [-0.15, -0.1) is 0 Å². The maximum Gasteiger partial charge on any atom is 0.247 e. The first-order valence-electron chi connectivity index (χ1n) is 9.78. The first kappa shape index (κ1) is 24.8. The van der Waals surface area contributed by atoms with Crippen LogP contribution in [0.4, 0.5) is 23.1 Å². The number of nitrogens with two attached hydrogens (primary N) is 1. The standard InChI is InChI=1S/C21H26BrN7O3/c1-4-16(30)27-13-7-5-8-14(11-13)28-20-26-12-15(22)17(29-20)24-9-6-10-25-19(32)21(2,3)18(23)31/h4-5,7-8,11-12H,1,6,9-10H2,2-3H3,(H2,23,31)(H,25,32)(H,27,30)(H2,24,26,28,29). The number of aromatic nitrogens is 2. The van der Waals surface area contributed by atoms with Gasteiger partial charge in [-0.2, -0.15) is 4.98 Å². The fourth-order valence-corrected chi connectivity index (χ4v) is 2.71. The molecule has 0 unspecified atom stereocenters. The van der Waals surface area contributed by atoms with Crippen molar-refractivity contribution in [3.8, 4) is 0 Å². The van der Waals surface area contributed by atoms with Gasteiger partial charge in [0.05, 0.1) is 4.47 Å². The van der Waals surface area contributed by atoms with Crippen molar-refractivity contribution in [3.05, 3.63) is 47.6 Å². The van der Waals surface area contributed by atoms with Gasteiger partial charge < -0.3 is 27.0 Å². The number of hydrogen-bond acceptors (Lipinski definition) is 7. The first-order valence-corrected chi connectivity index (χ1v) is 10.6. The second-order valence-corrected chi connectivity index (χ2v) is 8.17. The van der Waals surface area contributed by atoms with Crippen molar-refractivity contribution >= 4 is 56.8 Å². The number of rotatable bonds is 11. The number of hydrogen-bond donors (Lipinski definition) is 5. The van der Waals surface area contributed by atoms with Gasteiger partial charge in [0.15, 0.2) is 0 Å². The van der Waals surface area contributed by atoms with Gasteiger partial charge in [-0.1, -0.05) is 12.6 Å². The molecule has 32 heavy (non-hydrogen) atoms. The van der Waals surface area contributed by atoms with Crippen LogP contribution in [0, 0.1) is 5.41 Å². The van der Waals surface area contributed by atoms with E-state index in [2.05, 4.69) is 53.7 Å². The molecule has 1 heterocycles. The van der Waals surface area contributed by atoms with Gasteiger partial charge in [0.2, 0.25) is 23.7 Å². The summed E-state index contributed by atoms with van der Waals surface area (Å²) >= 11 is 3.40. The monoisotopic (exact) mass is 503 g/mol. The number of primary amides is 1. The fraction of sp³-hybridized carbons (Fsp3) is 0.286. The molecular weight excluding hydrogens is 478 g/mol. The molecule has 0 aliphatic rings. The maximum absolute atomic E-state index is 12.0. The molecule has 3 amide bonds. The zero-order chi connectivity index (χ0) is 23.7. The Morgan fingerprint density at radius 3 is 2.62 bits per heavy atom. The van der Waals surface area contributed by atoms with Gasteiger partial charge >= 0.3 is 0 Å². The van der Waals surface area contributed by atoms with Crippen molar-refractivity contribution in [3.63, 3.8) is 0 Å². The Morgan fingerprint density at radius 1 is 1.22 bits per heavy atom. The fourth-order valence-electron chi connectivity index (χ4n) is 2.38. The van der Waals surface area contributed by atoms with Crippen LogP contribution < -0.4 is 27.0 Å². The van der Waals surface area contributed by atoms with Crippen LogP contribution in [0.1, 0.15) is 20.3 Å². The van der Waals surface area contributed by atoms with Crippen LogP contribution >= 0.6 is 15.9 Å². The zero-order valence-corrected chi connectivity index (χ0v) is 19.5. The number of nitrogens with zero attached hydrogens (tertiary/aromatic N) is 2. The van der Waals surface area contributed by atoms with Crippen LogP contribution in [0.2, 0.25) is 0 Å². The normalized spacial score (nSPS) is 10.7. The maximum atomic E-state index is 12.0. The lowest BCUT2D eigenvalue weighted by Gasteiger charge is -2.19. The Hall–Kier alpha value is -3.47. The van der Waals surface area contributed by atoms with Crippen LogP contribution in [-0.2, 0) is 14.4 Å². The Kier molecular flexibility index (Phi) is 8.71. The zero-order valence-electron chi connectivity index (χ0n) is 17.9. The van der Waals surface area contributed by atoms with Crippen molar-refractivity contribution in [2.45, 2.75) is 20.3 Å². The van der Waals surface area contributed by atoms with E-state index in [1.54, 1.807) is 24.4 Å². The molecule has 11 heteroatoms.